The second-order valence-corrected chi connectivity index (χ2v) is 4.17. The lowest BCUT2D eigenvalue weighted by Crippen LogP contribution is -2.45. The first kappa shape index (κ1) is 12.7. The SMILES string of the molecule is COc1ccc(C#N)c(N2CCOC(CN)C2)c1. The molecule has 1 fully saturated rings. The van der Waals surface area contributed by atoms with Gasteiger partial charge in [-0.2, -0.15) is 5.26 Å². The van der Waals surface area contributed by atoms with E-state index in [2.05, 4.69) is 11.0 Å². The maximum atomic E-state index is 9.16. The molecule has 18 heavy (non-hydrogen) atoms. The number of nitriles is 1. The van der Waals surface area contributed by atoms with Crippen molar-refractivity contribution in [3.63, 3.8) is 0 Å². The average molecular weight is 247 g/mol. The lowest BCUT2D eigenvalue weighted by Gasteiger charge is -2.34. The minimum Gasteiger partial charge on any atom is -0.497 e. The molecular formula is C13H17N3O2. The van der Waals surface area contributed by atoms with E-state index in [0.717, 1.165) is 18.0 Å². The summed E-state index contributed by atoms with van der Waals surface area (Å²) < 4.78 is 10.7. The van der Waals surface area contributed by atoms with Gasteiger partial charge in [-0.1, -0.05) is 0 Å². The molecule has 0 amide bonds. The number of rotatable bonds is 3. The first-order valence-electron chi connectivity index (χ1n) is 5.93. The normalized spacial score (nSPS) is 19.4. The molecule has 1 aromatic carbocycles. The summed E-state index contributed by atoms with van der Waals surface area (Å²) in [5.74, 6) is 0.750. The second kappa shape index (κ2) is 5.71. The molecule has 0 radical (unpaired) electrons. The zero-order valence-electron chi connectivity index (χ0n) is 10.4. The van der Waals surface area contributed by atoms with Crippen LogP contribution in [0.15, 0.2) is 18.2 Å². The summed E-state index contributed by atoms with van der Waals surface area (Å²) in [6.45, 7) is 2.59. The minimum absolute atomic E-state index is 0.0245. The molecule has 5 nitrogen and oxygen atoms in total. The zero-order chi connectivity index (χ0) is 13.0. The third-order valence-corrected chi connectivity index (χ3v) is 3.07. The number of benzene rings is 1. The number of nitrogens with zero attached hydrogens (tertiary/aromatic N) is 2. The lowest BCUT2D eigenvalue weighted by molar-refractivity contribution is 0.0465. The quantitative estimate of drug-likeness (QED) is 0.852. The fraction of sp³-hybridized carbons (Fsp3) is 0.462. The first-order chi connectivity index (χ1) is 8.78. The Labute approximate surface area is 107 Å². The van der Waals surface area contributed by atoms with E-state index < -0.39 is 0 Å². The molecule has 1 aliphatic heterocycles. The van der Waals surface area contributed by atoms with Crippen LogP contribution in [0.5, 0.6) is 5.75 Å². The molecule has 1 aliphatic rings. The van der Waals surface area contributed by atoms with Crippen molar-refractivity contribution in [2.24, 2.45) is 5.73 Å². The molecule has 5 heteroatoms. The number of hydrogen-bond donors (Lipinski definition) is 1. The predicted octanol–water partition coefficient (Wildman–Crippen LogP) is 0.731. The highest BCUT2D eigenvalue weighted by Crippen LogP contribution is 2.27. The van der Waals surface area contributed by atoms with Crippen LogP contribution in [0.25, 0.3) is 0 Å². The molecule has 0 bridgehead atoms. The maximum Gasteiger partial charge on any atom is 0.121 e. The zero-order valence-corrected chi connectivity index (χ0v) is 10.4. The minimum atomic E-state index is 0.0245. The van der Waals surface area contributed by atoms with Crippen molar-refractivity contribution in [1.82, 2.24) is 0 Å². The van der Waals surface area contributed by atoms with Gasteiger partial charge in [0.1, 0.15) is 11.8 Å². The fourth-order valence-corrected chi connectivity index (χ4v) is 2.08. The molecule has 1 aromatic rings. The van der Waals surface area contributed by atoms with E-state index in [-0.39, 0.29) is 6.10 Å². The molecule has 0 aromatic heterocycles. The highest BCUT2D eigenvalue weighted by molar-refractivity contribution is 5.62. The van der Waals surface area contributed by atoms with E-state index in [4.69, 9.17) is 20.5 Å². The Bertz CT molecular complexity index is 456. The summed E-state index contributed by atoms with van der Waals surface area (Å²) in [6.07, 6.45) is 0.0245. The Morgan fingerprint density at radius 2 is 2.44 bits per heavy atom. The van der Waals surface area contributed by atoms with Crippen LogP contribution in [0, 0.1) is 11.3 Å². The summed E-state index contributed by atoms with van der Waals surface area (Å²) in [4.78, 5) is 2.13. The topological polar surface area (TPSA) is 71.5 Å². The van der Waals surface area contributed by atoms with E-state index in [1.807, 2.05) is 6.07 Å². The second-order valence-electron chi connectivity index (χ2n) is 4.17. The van der Waals surface area contributed by atoms with Gasteiger partial charge in [0, 0.05) is 25.7 Å². The Balaban J connectivity index is 2.28. The predicted molar refractivity (Wildman–Crippen MR) is 68.7 cm³/mol. The Morgan fingerprint density at radius 1 is 1.61 bits per heavy atom. The van der Waals surface area contributed by atoms with Crippen molar-refractivity contribution in [2.75, 3.05) is 38.3 Å². The van der Waals surface area contributed by atoms with Crippen molar-refractivity contribution in [3.05, 3.63) is 23.8 Å². The number of ether oxygens (including phenoxy) is 2. The van der Waals surface area contributed by atoms with E-state index in [0.29, 0.717) is 25.3 Å². The summed E-state index contributed by atoms with van der Waals surface area (Å²) in [5, 5.41) is 9.16. The molecular weight excluding hydrogens is 230 g/mol. The van der Waals surface area contributed by atoms with Crippen LogP contribution in [0.2, 0.25) is 0 Å². The third-order valence-electron chi connectivity index (χ3n) is 3.07. The van der Waals surface area contributed by atoms with Gasteiger partial charge in [0.05, 0.1) is 31.1 Å². The standard InChI is InChI=1S/C13H17N3O2/c1-17-11-3-2-10(7-14)13(6-11)16-4-5-18-12(8-15)9-16/h2-3,6,12H,4-5,8-9,15H2,1H3. The summed E-state index contributed by atoms with van der Waals surface area (Å²) in [5.41, 5.74) is 7.16. The summed E-state index contributed by atoms with van der Waals surface area (Å²) in [6, 6.07) is 7.67. The Kier molecular flexibility index (Phi) is 4.03. The van der Waals surface area contributed by atoms with Crippen LogP contribution < -0.4 is 15.4 Å². The van der Waals surface area contributed by atoms with Crippen molar-refractivity contribution in [3.8, 4) is 11.8 Å². The number of anilines is 1. The van der Waals surface area contributed by atoms with Crippen LogP contribution in [-0.2, 0) is 4.74 Å². The molecule has 1 unspecified atom stereocenters. The van der Waals surface area contributed by atoms with Crippen molar-refractivity contribution >= 4 is 5.69 Å². The Morgan fingerprint density at radius 3 is 3.11 bits per heavy atom. The van der Waals surface area contributed by atoms with Crippen LogP contribution in [0.1, 0.15) is 5.56 Å². The number of morpholine rings is 1. The van der Waals surface area contributed by atoms with Gasteiger partial charge >= 0.3 is 0 Å². The van der Waals surface area contributed by atoms with Crippen LogP contribution in [0.3, 0.4) is 0 Å². The van der Waals surface area contributed by atoms with Crippen molar-refractivity contribution in [1.29, 1.82) is 5.26 Å². The monoisotopic (exact) mass is 247 g/mol. The summed E-state index contributed by atoms with van der Waals surface area (Å²) in [7, 11) is 1.62. The van der Waals surface area contributed by atoms with Gasteiger partial charge in [0.25, 0.3) is 0 Å². The van der Waals surface area contributed by atoms with Gasteiger partial charge in [-0.25, -0.2) is 0 Å². The summed E-state index contributed by atoms with van der Waals surface area (Å²) >= 11 is 0. The van der Waals surface area contributed by atoms with Gasteiger partial charge in [-0.05, 0) is 12.1 Å². The van der Waals surface area contributed by atoms with E-state index >= 15 is 0 Å². The smallest absolute Gasteiger partial charge is 0.121 e. The van der Waals surface area contributed by atoms with Crippen molar-refractivity contribution < 1.29 is 9.47 Å². The number of nitrogens with two attached hydrogens (primary N) is 1. The molecule has 0 aliphatic carbocycles. The van der Waals surface area contributed by atoms with Gasteiger partial charge in [-0.3, -0.25) is 0 Å². The highest BCUT2D eigenvalue weighted by Gasteiger charge is 2.21. The number of methoxy groups -OCH3 is 1. The third kappa shape index (κ3) is 2.55. The Hall–Kier alpha value is -1.77. The fourth-order valence-electron chi connectivity index (χ4n) is 2.08. The highest BCUT2D eigenvalue weighted by atomic mass is 16.5. The van der Waals surface area contributed by atoms with E-state index in [1.165, 1.54) is 0 Å². The van der Waals surface area contributed by atoms with E-state index in [1.54, 1.807) is 19.2 Å². The molecule has 1 saturated heterocycles. The van der Waals surface area contributed by atoms with Gasteiger partial charge in [0.2, 0.25) is 0 Å². The molecule has 0 spiro atoms. The van der Waals surface area contributed by atoms with Crippen LogP contribution in [-0.4, -0.2) is 39.5 Å². The molecule has 0 saturated carbocycles. The number of hydrogen-bond acceptors (Lipinski definition) is 5. The molecule has 2 rings (SSSR count). The van der Waals surface area contributed by atoms with Crippen molar-refractivity contribution in [2.45, 2.75) is 6.10 Å². The van der Waals surface area contributed by atoms with Gasteiger partial charge < -0.3 is 20.1 Å². The lowest BCUT2D eigenvalue weighted by atomic mass is 10.1. The van der Waals surface area contributed by atoms with E-state index in [9.17, 15) is 0 Å². The molecule has 1 heterocycles. The average Bonchev–Trinajstić information content (AvgIpc) is 2.46. The molecule has 2 N–H and O–H groups in total. The van der Waals surface area contributed by atoms with Gasteiger partial charge in [0.15, 0.2) is 0 Å². The van der Waals surface area contributed by atoms with Gasteiger partial charge in [-0.15, -0.1) is 0 Å². The van der Waals surface area contributed by atoms with Crippen LogP contribution >= 0.6 is 0 Å². The van der Waals surface area contributed by atoms with Crippen LogP contribution in [0.4, 0.5) is 5.69 Å². The largest absolute Gasteiger partial charge is 0.497 e. The molecule has 1 atom stereocenters. The maximum absolute atomic E-state index is 9.16. The molecule has 96 valence electrons. The first-order valence-corrected chi connectivity index (χ1v) is 5.93.